The summed E-state index contributed by atoms with van der Waals surface area (Å²) in [5, 5.41) is 0. The number of benzene rings is 2. The molecule has 0 aromatic heterocycles. The molecule has 0 heterocycles. The fourth-order valence-corrected chi connectivity index (χ4v) is 1.93. The van der Waals surface area contributed by atoms with Crippen molar-refractivity contribution in [3.8, 4) is 11.5 Å². The Balaban J connectivity index is 2.29. The number of para-hydroxylation sites is 1. The van der Waals surface area contributed by atoms with Crippen LogP contribution in [-0.2, 0) is 0 Å². The number of hydrogen-bond acceptors (Lipinski definition) is 3. The first-order valence-electron chi connectivity index (χ1n) is 6.05. The number of alkyl halides is 2. The zero-order valence-corrected chi connectivity index (χ0v) is 10.9. The Morgan fingerprint density at radius 2 is 1.65 bits per heavy atom. The van der Waals surface area contributed by atoms with E-state index in [0.29, 0.717) is 11.3 Å². The average Bonchev–Trinajstić information content (AvgIpc) is 2.46. The zero-order valence-electron chi connectivity index (χ0n) is 10.9. The van der Waals surface area contributed by atoms with E-state index < -0.39 is 12.7 Å². The van der Waals surface area contributed by atoms with Crippen molar-refractivity contribution in [2.45, 2.75) is 12.7 Å². The molecule has 0 fully saturated rings. The second kappa shape index (κ2) is 6.34. The molecule has 0 spiro atoms. The van der Waals surface area contributed by atoms with E-state index in [1.807, 2.05) is 0 Å². The molecule has 0 aliphatic rings. The van der Waals surface area contributed by atoms with Crippen molar-refractivity contribution >= 4 is 0 Å². The lowest BCUT2D eigenvalue weighted by Crippen LogP contribution is -2.14. The van der Waals surface area contributed by atoms with Crippen molar-refractivity contribution in [2.75, 3.05) is 7.11 Å². The average molecular weight is 279 g/mol. The Hall–Kier alpha value is -2.14. The van der Waals surface area contributed by atoms with E-state index >= 15 is 0 Å². The molecule has 0 aliphatic carbocycles. The smallest absolute Gasteiger partial charge is 0.387 e. The van der Waals surface area contributed by atoms with Gasteiger partial charge in [-0.2, -0.15) is 8.78 Å². The van der Waals surface area contributed by atoms with Crippen LogP contribution in [0.25, 0.3) is 0 Å². The molecule has 0 aliphatic heterocycles. The zero-order chi connectivity index (χ0) is 14.5. The van der Waals surface area contributed by atoms with Crippen LogP contribution in [-0.4, -0.2) is 13.7 Å². The Bertz CT molecular complexity index is 558. The molecule has 0 saturated carbocycles. The highest BCUT2D eigenvalue weighted by molar-refractivity contribution is 5.42. The third-order valence-electron chi connectivity index (χ3n) is 2.95. The molecular formula is C15H15F2NO2. The third kappa shape index (κ3) is 3.24. The van der Waals surface area contributed by atoms with Crippen LogP contribution in [0, 0.1) is 0 Å². The van der Waals surface area contributed by atoms with Crippen LogP contribution in [0.3, 0.4) is 0 Å². The quantitative estimate of drug-likeness (QED) is 0.913. The van der Waals surface area contributed by atoms with Crippen LogP contribution in [0.5, 0.6) is 11.5 Å². The summed E-state index contributed by atoms with van der Waals surface area (Å²) in [5.74, 6) is 0.795. The van der Waals surface area contributed by atoms with E-state index in [4.69, 9.17) is 10.5 Å². The van der Waals surface area contributed by atoms with E-state index in [2.05, 4.69) is 4.74 Å². The maximum absolute atomic E-state index is 12.4. The van der Waals surface area contributed by atoms with E-state index in [1.54, 1.807) is 49.6 Å². The summed E-state index contributed by atoms with van der Waals surface area (Å²) in [4.78, 5) is 0. The van der Waals surface area contributed by atoms with Gasteiger partial charge in [-0.15, -0.1) is 0 Å². The molecule has 106 valence electrons. The maximum Gasteiger partial charge on any atom is 0.387 e. The number of halogens is 2. The number of ether oxygens (including phenoxy) is 2. The Morgan fingerprint density at radius 3 is 2.25 bits per heavy atom. The molecule has 20 heavy (non-hydrogen) atoms. The highest BCUT2D eigenvalue weighted by Crippen LogP contribution is 2.30. The minimum atomic E-state index is -2.88. The highest BCUT2D eigenvalue weighted by Gasteiger charge is 2.16. The fourth-order valence-electron chi connectivity index (χ4n) is 1.93. The molecule has 1 atom stereocenters. The molecule has 3 nitrogen and oxygen atoms in total. The van der Waals surface area contributed by atoms with Crippen LogP contribution in [0.4, 0.5) is 8.78 Å². The molecule has 1 unspecified atom stereocenters. The third-order valence-corrected chi connectivity index (χ3v) is 2.95. The standard InChI is InChI=1S/C15H15F2NO2/c1-19-11-8-6-10(7-9-11)14(18)12-4-2-3-5-13(12)20-15(16)17/h2-9,14-15H,18H2,1H3. The molecule has 0 bridgehead atoms. The fraction of sp³-hybridized carbons (Fsp3) is 0.200. The molecule has 0 saturated heterocycles. The van der Waals surface area contributed by atoms with Gasteiger partial charge in [-0.3, -0.25) is 0 Å². The van der Waals surface area contributed by atoms with Crippen molar-refractivity contribution in [1.29, 1.82) is 0 Å². The Labute approximate surface area is 115 Å². The first-order chi connectivity index (χ1) is 9.61. The van der Waals surface area contributed by atoms with Crippen LogP contribution >= 0.6 is 0 Å². The molecule has 5 heteroatoms. The minimum Gasteiger partial charge on any atom is -0.497 e. The summed E-state index contributed by atoms with van der Waals surface area (Å²) in [6.45, 7) is -2.88. The van der Waals surface area contributed by atoms with Gasteiger partial charge in [-0.05, 0) is 23.8 Å². The summed E-state index contributed by atoms with van der Waals surface area (Å²) >= 11 is 0. The summed E-state index contributed by atoms with van der Waals surface area (Å²) in [6, 6.07) is 13.1. The lowest BCUT2D eigenvalue weighted by molar-refractivity contribution is -0.0505. The van der Waals surface area contributed by atoms with E-state index in [0.717, 1.165) is 5.56 Å². The van der Waals surface area contributed by atoms with Crippen molar-refractivity contribution < 1.29 is 18.3 Å². The Kier molecular flexibility index (Phi) is 4.53. The van der Waals surface area contributed by atoms with Crippen LogP contribution in [0.15, 0.2) is 48.5 Å². The van der Waals surface area contributed by atoms with Crippen molar-refractivity contribution in [2.24, 2.45) is 5.73 Å². The summed E-state index contributed by atoms with van der Waals surface area (Å²) in [7, 11) is 1.57. The first-order valence-corrected chi connectivity index (χ1v) is 6.05. The van der Waals surface area contributed by atoms with Crippen molar-refractivity contribution in [1.82, 2.24) is 0 Å². The lowest BCUT2D eigenvalue weighted by atomic mass is 9.99. The maximum atomic E-state index is 12.4. The van der Waals surface area contributed by atoms with Gasteiger partial charge in [-0.25, -0.2) is 0 Å². The van der Waals surface area contributed by atoms with Gasteiger partial charge in [0.25, 0.3) is 0 Å². The number of nitrogens with two attached hydrogens (primary N) is 1. The molecule has 2 N–H and O–H groups in total. The van der Waals surface area contributed by atoms with Gasteiger partial charge in [0.05, 0.1) is 13.2 Å². The largest absolute Gasteiger partial charge is 0.497 e. The summed E-state index contributed by atoms with van der Waals surface area (Å²) in [6.07, 6.45) is 0. The second-order valence-corrected chi connectivity index (χ2v) is 4.17. The molecule has 2 aromatic carbocycles. The van der Waals surface area contributed by atoms with Crippen LogP contribution < -0.4 is 15.2 Å². The van der Waals surface area contributed by atoms with Gasteiger partial charge in [0.15, 0.2) is 0 Å². The topological polar surface area (TPSA) is 44.5 Å². The predicted octanol–water partition coefficient (Wildman–Crippen LogP) is 3.34. The first kappa shape index (κ1) is 14.3. The van der Waals surface area contributed by atoms with Gasteiger partial charge in [0.2, 0.25) is 0 Å². The van der Waals surface area contributed by atoms with E-state index in [1.165, 1.54) is 6.07 Å². The number of methoxy groups -OCH3 is 1. The van der Waals surface area contributed by atoms with E-state index in [-0.39, 0.29) is 5.75 Å². The summed E-state index contributed by atoms with van der Waals surface area (Å²) < 4.78 is 34.3. The lowest BCUT2D eigenvalue weighted by Gasteiger charge is -2.17. The van der Waals surface area contributed by atoms with Gasteiger partial charge >= 0.3 is 6.61 Å². The normalized spacial score (nSPS) is 12.2. The summed E-state index contributed by atoms with van der Waals surface area (Å²) in [5.41, 5.74) is 7.42. The van der Waals surface area contributed by atoms with Gasteiger partial charge in [0, 0.05) is 5.56 Å². The monoisotopic (exact) mass is 279 g/mol. The molecule has 0 radical (unpaired) electrons. The molecule has 2 aromatic rings. The molecule has 0 amide bonds. The van der Waals surface area contributed by atoms with Crippen molar-refractivity contribution in [3.05, 3.63) is 59.7 Å². The van der Waals surface area contributed by atoms with Crippen LogP contribution in [0.1, 0.15) is 17.2 Å². The molecule has 2 rings (SSSR count). The van der Waals surface area contributed by atoms with Gasteiger partial charge < -0.3 is 15.2 Å². The van der Waals surface area contributed by atoms with Gasteiger partial charge in [0.1, 0.15) is 11.5 Å². The predicted molar refractivity (Wildman–Crippen MR) is 72.1 cm³/mol. The van der Waals surface area contributed by atoms with Gasteiger partial charge in [-0.1, -0.05) is 30.3 Å². The number of hydrogen-bond donors (Lipinski definition) is 1. The van der Waals surface area contributed by atoms with Crippen molar-refractivity contribution in [3.63, 3.8) is 0 Å². The second-order valence-electron chi connectivity index (χ2n) is 4.17. The SMILES string of the molecule is COc1ccc(C(N)c2ccccc2OC(F)F)cc1. The minimum absolute atomic E-state index is 0.0887. The van der Waals surface area contributed by atoms with Crippen LogP contribution in [0.2, 0.25) is 0 Å². The highest BCUT2D eigenvalue weighted by atomic mass is 19.3. The number of rotatable bonds is 5. The molecular weight excluding hydrogens is 264 g/mol. The van der Waals surface area contributed by atoms with E-state index in [9.17, 15) is 8.78 Å². The Morgan fingerprint density at radius 1 is 1.00 bits per heavy atom.